The average molecular weight is 222 g/mol. The molecular formula is C10H14N4S. The maximum atomic E-state index is 5.91. The van der Waals surface area contributed by atoms with Crippen molar-refractivity contribution in [3.63, 3.8) is 0 Å². The quantitative estimate of drug-likeness (QED) is 0.832. The standard InChI is InChI=1S/C10H14N4S/c1-10(2,11)6-8-12-9(14-13-8)7-4-3-5-15-7/h3-5H,6,11H2,1-2H3,(H,12,13,14). The molecule has 0 saturated carbocycles. The van der Waals surface area contributed by atoms with E-state index in [4.69, 9.17) is 5.73 Å². The Kier molecular flexibility index (Phi) is 2.58. The van der Waals surface area contributed by atoms with Gasteiger partial charge in [-0.25, -0.2) is 4.98 Å². The van der Waals surface area contributed by atoms with Crippen LogP contribution >= 0.6 is 11.3 Å². The number of thiophene rings is 1. The van der Waals surface area contributed by atoms with Crippen molar-refractivity contribution in [3.8, 4) is 10.7 Å². The molecule has 0 saturated heterocycles. The minimum atomic E-state index is -0.258. The topological polar surface area (TPSA) is 67.6 Å². The molecule has 0 fully saturated rings. The van der Waals surface area contributed by atoms with Gasteiger partial charge in [0.2, 0.25) is 0 Å². The second-order valence-electron chi connectivity index (χ2n) is 4.25. The van der Waals surface area contributed by atoms with Crippen LogP contribution in [0.15, 0.2) is 17.5 Å². The molecule has 0 aliphatic heterocycles. The first-order chi connectivity index (χ1) is 7.04. The van der Waals surface area contributed by atoms with Crippen LogP contribution in [0.1, 0.15) is 19.7 Å². The van der Waals surface area contributed by atoms with Gasteiger partial charge in [0.25, 0.3) is 0 Å². The molecule has 4 nitrogen and oxygen atoms in total. The third kappa shape index (κ3) is 2.64. The molecule has 0 radical (unpaired) electrons. The summed E-state index contributed by atoms with van der Waals surface area (Å²) in [7, 11) is 0. The fourth-order valence-corrected chi connectivity index (χ4v) is 1.98. The molecular weight excluding hydrogens is 208 g/mol. The van der Waals surface area contributed by atoms with E-state index in [2.05, 4.69) is 15.2 Å². The van der Waals surface area contributed by atoms with E-state index in [1.54, 1.807) is 11.3 Å². The number of rotatable bonds is 3. The number of H-pyrrole nitrogens is 1. The molecule has 0 spiro atoms. The minimum absolute atomic E-state index is 0.258. The SMILES string of the molecule is CC(C)(N)Cc1nc(-c2cccs2)n[nH]1. The Morgan fingerprint density at radius 1 is 1.53 bits per heavy atom. The van der Waals surface area contributed by atoms with Crippen molar-refractivity contribution in [2.75, 3.05) is 0 Å². The first-order valence-corrected chi connectivity index (χ1v) is 5.67. The Morgan fingerprint density at radius 3 is 2.93 bits per heavy atom. The summed E-state index contributed by atoms with van der Waals surface area (Å²) in [4.78, 5) is 5.48. The molecule has 80 valence electrons. The van der Waals surface area contributed by atoms with E-state index < -0.39 is 0 Å². The fourth-order valence-electron chi connectivity index (χ4n) is 1.32. The maximum Gasteiger partial charge on any atom is 0.191 e. The van der Waals surface area contributed by atoms with Gasteiger partial charge in [0.1, 0.15) is 5.82 Å². The van der Waals surface area contributed by atoms with Crippen LogP contribution in [0.2, 0.25) is 0 Å². The van der Waals surface area contributed by atoms with E-state index in [1.165, 1.54) is 0 Å². The van der Waals surface area contributed by atoms with Crippen LogP contribution in [0.3, 0.4) is 0 Å². The number of hydrogen-bond acceptors (Lipinski definition) is 4. The molecule has 0 amide bonds. The predicted molar refractivity (Wildman–Crippen MR) is 61.7 cm³/mol. The second-order valence-corrected chi connectivity index (χ2v) is 5.20. The second kappa shape index (κ2) is 3.75. The number of aromatic nitrogens is 3. The van der Waals surface area contributed by atoms with Gasteiger partial charge in [-0.1, -0.05) is 6.07 Å². The van der Waals surface area contributed by atoms with E-state index in [0.717, 1.165) is 16.5 Å². The average Bonchev–Trinajstić information content (AvgIpc) is 2.68. The van der Waals surface area contributed by atoms with Crippen LogP contribution in [0.25, 0.3) is 10.7 Å². The molecule has 2 aromatic rings. The first kappa shape index (κ1) is 10.3. The Morgan fingerprint density at radius 2 is 2.33 bits per heavy atom. The largest absolute Gasteiger partial charge is 0.325 e. The lowest BCUT2D eigenvalue weighted by Gasteiger charge is -2.15. The zero-order chi connectivity index (χ0) is 10.9. The number of nitrogens with zero attached hydrogens (tertiary/aromatic N) is 2. The Labute approximate surface area is 92.5 Å². The number of aromatic amines is 1. The van der Waals surface area contributed by atoms with E-state index in [1.807, 2.05) is 31.4 Å². The first-order valence-electron chi connectivity index (χ1n) is 4.79. The zero-order valence-electron chi connectivity index (χ0n) is 8.82. The molecule has 2 rings (SSSR count). The van der Waals surface area contributed by atoms with Crippen LogP contribution in [-0.4, -0.2) is 20.7 Å². The van der Waals surface area contributed by atoms with Crippen LogP contribution in [0, 0.1) is 0 Å². The van der Waals surface area contributed by atoms with Gasteiger partial charge in [-0.15, -0.1) is 11.3 Å². The lowest BCUT2D eigenvalue weighted by Crippen LogP contribution is -2.34. The summed E-state index contributed by atoms with van der Waals surface area (Å²) in [6.45, 7) is 3.95. The Hall–Kier alpha value is -1.20. The van der Waals surface area contributed by atoms with Gasteiger partial charge in [0, 0.05) is 12.0 Å². The lowest BCUT2D eigenvalue weighted by atomic mass is 10.0. The predicted octanol–water partition coefficient (Wildman–Crippen LogP) is 1.81. The molecule has 2 heterocycles. The Balaban J connectivity index is 2.18. The summed E-state index contributed by atoms with van der Waals surface area (Å²) in [5.74, 6) is 1.59. The molecule has 3 N–H and O–H groups in total. The highest BCUT2D eigenvalue weighted by molar-refractivity contribution is 7.13. The molecule has 0 atom stereocenters. The van der Waals surface area contributed by atoms with E-state index in [-0.39, 0.29) is 5.54 Å². The molecule has 0 bridgehead atoms. The molecule has 5 heteroatoms. The smallest absolute Gasteiger partial charge is 0.191 e. The summed E-state index contributed by atoms with van der Waals surface area (Å²) in [6, 6.07) is 3.99. The third-order valence-electron chi connectivity index (χ3n) is 1.90. The van der Waals surface area contributed by atoms with Crippen LogP contribution < -0.4 is 5.73 Å². The fraction of sp³-hybridized carbons (Fsp3) is 0.400. The van der Waals surface area contributed by atoms with Crippen molar-refractivity contribution >= 4 is 11.3 Å². The summed E-state index contributed by atoms with van der Waals surface area (Å²) >= 11 is 1.63. The number of nitrogens with one attached hydrogen (secondary N) is 1. The van der Waals surface area contributed by atoms with Gasteiger partial charge in [-0.3, -0.25) is 5.10 Å². The summed E-state index contributed by atoms with van der Waals surface area (Å²) in [5, 5.41) is 9.09. The van der Waals surface area contributed by atoms with Gasteiger partial charge in [-0.2, -0.15) is 5.10 Å². The van der Waals surface area contributed by atoms with Crippen molar-refractivity contribution in [3.05, 3.63) is 23.3 Å². The molecule has 2 aromatic heterocycles. The highest BCUT2D eigenvalue weighted by Crippen LogP contribution is 2.20. The van der Waals surface area contributed by atoms with E-state index >= 15 is 0 Å². The van der Waals surface area contributed by atoms with Crippen LogP contribution in [0.4, 0.5) is 0 Å². The Bertz CT molecular complexity index is 424. The highest BCUT2D eigenvalue weighted by Gasteiger charge is 2.15. The van der Waals surface area contributed by atoms with Gasteiger partial charge in [0.05, 0.1) is 4.88 Å². The summed E-state index contributed by atoms with van der Waals surface area (Å²) < 4.78 is 0. The maximum absolute atomic E-state index is 5.91. The van der Waals surface area contributed by atoms with Crippen molar-refractivity contribution in [1.29, 1.82) is 0 Å². The molecule has 15 heavy (non-hydrogen) atoms. The van der Waals surface area contributed by atoms with Crippen molar-refractivity contribution in [1.82, 2.24) is 15.2 Å². The van der Waals surface area contributed by atoms with Crippen LogP contribution in [0.5, 0.6) is 0 Å². The molecule has 0 unspecified atom stereocenters. The van der Waals surface area contributed by atoms with Crippen molar-refractivity contribution in [2.24, 2.45) is 5.73 Å². The van der Waals surface area contributed by atoms with Gasteiger partial charge in [0.15, 0.2) is 5.82 Å². The summed E-state index contributed by atoms with van der Waals surface area (Å²) in [6.07, 6.45) is 0.700. The van der Waals surface area contributed by atoms with Gasteiger partial charge < -0.3 is 5.73 Å². The van der Waals surface area contributed by atoms with Crippen molar-refractivity contribution in [2.45, 2.75) is 25.8 Å². The van der Waals surface area contributed by atoms with Gasteiger partial charge >= 0.3 is 0 Å². The monoisotopic (exact) mass is 222 g/mol. The minimum Gasteiger partial charge on any atom is -0.325 e. The molecule has 0 aliphatic rings. The third-order valence-corrected chi connectivity index (χ3v) is 2.76. The van der Waals surface area contributed by atoms with E-state index in [0.29, 0.717) is 6.42 Å². The molecule has 0 aromatic carbocycles. The highest BCUT2D eigenvalue weighted by atomic mass is 32.1. The zero-order valence-corrected chi connectivity index (χ0v) is 9.64. The van der Waals surface area contributed by atoms with E-state index in [9.17, 15) is 0 Å². The van der Waals surface area contributed by atoms with Crippen molar-refractivity contribution < 1.29 is 0 Å². The van der Waals surface area contributed by atoms with Gasteiger partial charge in [-0.05, 0) is 25.3 Å². The lowest BCUT2D eigenvalue weighted by molar-refractivity contribution is 0.503. The summed E-state index contributed by atoms with van der Waals surface area (Å²) in [5.41, 5.74) is 5.65. The van der Waals surface area contributed by atoms with Crippen LogP contribution in [-0.2, 0) is 6.42 Å². The normalized spacial score (nSPS) is 11.9. The molecule has 0 aliphatic carbocycles. The number of hydrogen-bond donors (Lipinski definition) is 2. The number of nitrogens with two attached hydrogens (primary N) is 1.